The van der Waals surface area contributed by atoms with E-state index in [1.165, 1.54) is 16.4 Å². The third-order valence-electron chi connectivity index (χ3n) is 4.83. The molecule has 1 amide bonds. The number of rotatable bonds is 4. The number of anilines is 1. The topological polar surface area (TPSA) is 75.4 Å². The van der Waals surface area contributed by atoms with Crippen LogP contribution in [0.15, 0.2) is 60.8 Å². The van der Waals surface area contributed by atoms with Gasteiger partial charge in [-0.25, -0.2) is 4.79 Å². The SMILES string of the molecule is CC1Cn2ncc(C(=O)O)c2C(=O)N1c1ccc(Cc2ccccc2)cc1. The van der Waals surface area contributed by atoms with Crippen molar-refractivity contribution >= 4 is 17.6 Å². The first-order valence-corrected chi connectivity index (χ1v) is 8.80. The number of hydrogen-bond acceptors (Lipinski definition) is 3. The summed E-state index contributed by atoms with van der Waals surface area (Å²) < 4.78 is 1.48. The summed E-state index contributed by atoms with van der Waals surface area (Å²) in [5.41, 5.74) is 3.21. The van der Waals surface area contributed by atoms with Crippen LogP contribution < -0.4 is 4.90 Å². The molecular formula is C21H19N3O3. The first-order chi connectivity index (χ1) is 13.0. The number of fused-ring (bicyclic) bond motifs is 1. The van der Waals surface area contributed by atoms with Crippen LogP contribution in [0, 0.1) is 0 Å². The normalized spacial score (nSPS) is 16.3. The van der Waals surface area contributed by atoms with Gasteiger partial charge in [0.15, 0.2) is 0 Å². The maximum Gasteiger partial charge on any atom is 0.339 e. The molecule has 27 heavy (non-hydrogen) atoms. The molecule has 1 aliphatic heterocycles. The van der Waals surface area contributed by atoms with Crippen LogP contribution in [0.2, 0.25) is 0 Å². The van der Waals surface area contributed by atoms with Gasteiger partial charge >= 0.3 is 5.97 Å². The second kappa shape index (κ2) is 6.72. The van der Waals surface area contributed by atoms with Crippen molar-refractivity contribution in [1.29, 1.82) is 0 Å². The molecule has 0 spiro atoms. The highest BCUT2D eigenvalue weighted by Gasteiger charge is 2.35. The minimum absolute atomic E-state index is 0.0578. The van der Waals surface area contributed by atoms with Crippen LogP contribution in [0.5, 0.6) is 0 Å². The Balaban J connectivity index is 1.62. The van der Waals surface area contributed by atoms with E-state index in [1.807, 2.05) is 49.4 Å². The molecule has 6 nitrogen and oxygen atoms in total. The Labute approximate surface area is 156 Å². The van der Waals surface area contributed by atoms with Crippen molar-refractivity contribution in [3.8, 4) is 0 Å². The average molecular weight is 361 g/mol. The molecule has 0 aliphatic carbocycles. The molecule has 0 fully saturated rings. The van der Waals surface area contributed by atoms with Crippen molar-refractivity contribution in [2.45, 2.75) is 25.9 Å². The van der Waals surface area contributed by atoms with E-state index < -0.39 is 5.97 Å². The van der Waals surface area contributed by atoms with Gasteiger partial charge in [-0.3, -0.25) is 9.48 Å². The number of carboxylic acids is 1. The molecule has 136 valence electrons. The van der Waals surface area contributed by atoms with Crippen molar-refractivity contribution in [2.24, 2.45) is 0 Å². The van der Waals surface area contributed by atoms with Crippen LogP contribution in [-0.2, 0) is 13.0 Å². The molecule has 0 saturated heterocycles. The second-order valence-electron chi connectivity index (χ2n) is 6.75. The Morgan fingerprint density at radius 2 is 1.78 bits per heavy atom. The molecule has 1 N–H and O–H groups in total. The van der Waals surface area contributed by atoms with Gasteiger partial charge in [0.1, 0.15) is 11.3 Å². The number of amides is 1. The maximum absolute atomic E-state index is 13.0. The minimum Gasteiger partial charge on any atom is -0.478 e. The van der Waals surface area contributed by atoms with Gasteiger partial charge in [0, 0.05) is 5.69 Å². The molecule has 3 aromatic rings. The monoisotopic (exact) mass is 361 g/mol. The fraction of sp³-hybridized carbons (Fsp3) is 0.190. The fourth-order valence-corrected chi connectivity index (χ4v) is 3.53. The van der Waals surface area contributed by atoms with E-state index in [0.29, 0.717) is 6.54 Å². The van der Waals surface area contributed by atoms with Crippen molar-refractivity contribution in [1.82, 2.24) is 9.78 Å². The summed E-state index contributed by atoms with van der Waals surface area (Å²) in [6.07, 6.45) is 2.06. The zero-order valence-corrected chi connectivity index (χ0v) is 14.9. The van der Waals surface area contributed by atoms with Gasteiger partial charge in [0.25, 0.3) is 5.91 Å². The van der Waals surface area contributed by atoms with E-state index in [2.05, 4.69) is 17.2 Å². The van der Waals surface area contributed by atoms with E-state index in [0.717, 1.165) is 17.7 Å². The van der Waals surface area contributed by atoms with Gasteiger partial charge in [-0.15, -0.1) is 0 Å². The standard InChI is InChI=1S/C21H19N3O3/c1-14-13-23-19(18(12-22-23)21(26)27)20(25)24(14)17-9-7-16(8-10-17)11-15-5-3-2-4-6-15/h2-10,12,14H,11,13H2,1H3,(H,26,27). The lowest BCUT2D eigenvalue weighted by Crippen LogP contribution is -2.47. The number of aromatic carboxylic acids is 1. The van der Waals surface area contributed by atoms with Gasteiger partial charge in [-0.2, -0.15) is 5.10 Å². The van der Waals surface area contributed by atoms with Gasteiger partial charge in [-0.05, 0) is 36.6 Å². The minimum atomic E-state index is -1.14. The zero-order chi connectivity index (χ0) is 19.0. The first-order valence-electron chi connectivity index (χ1n) is 8.80. The van der Waals surface area contributed by atoms with E-state index in [1.54, 1.807) is 4.90 Å². The molecule has 0 saturated carbocycles. The summed E-state index contributed by atoms with van der Waals surface area (Å²) >= 11 is 0. The van der Waals surface area contributed by atoms with E-state index in [4.69, 9.17) is 0 Å². The Morgan fingerprint density at radius 3 is 2.44 bits per heavy atom. The zero-order valence-electron chi connectivity index (χ0n) is 14.9. The predicted octanol–water partition coefficient (Wildman–Crippen LogP) is 3.22. The second-order valence-corrected chi connectivity index (χ2v) is 6.75. The Hall–Kier alpha value is -3.41. The van der Waals surface area contributed by atoms with E-state index in [9.17, 15) is 14.7 Å². The average Bonchev–Trinajstić information content (AvgIpc) is 3.08. The number of carbonyl (C=O) groups excluding carboxylic acids is 1. The third-order valence-corrected chi connectivity index (χ3v) is 4.83. The van der Waals surface area contributed by atoms with E-state index >= 15 is 0 Å². The van der Waals surface area contributed by atoms with Gasteiger partial charge < -0.3 is 10.0 Å². The smallest absolute Gasteiger partial charge is 0.339 e. The van der Waals surface area contributed by atoms with Crippen molar-refractivity contribution < 1.29 is 14.7 Å². The molecule has 1 aliphatic rings. The molecule has 4 rings (SSSR count). The lowest BCUT2D eigenvalue weighted by molar-refractivity contribution is 0.0690. The van der Waals surface area contributed by atoms with Gasteiger partial charge in [0.2, 0.25) is 0 Å². The number of aromatic nitrogens is 2. The fourth-order valence-electron chi connectivity index (χ4n) is 3.53. The first kappa shape index (κ1) is 17.0. The molecule has 1 atom stereocenters. The number of hydrogen-bond donors (Lipinski definition) is 1. The van der Waals surface area contributed by atoms with E-state index in [-0.39, 0.29) is 23.2 Å². The molecular weight excluding hydrogens is 342 g/mol. The summed E-state index contributed by atoms with van der Waals surface area (Å²) in [5, 5.41) is 13.4. The lowest BCUT2D eigenvalue weighted by Gasteiger charge is -2.34. The summed E-state index contributed by atoms with van der Waals surface area (Å²) in [7, 11) is 0. The lowest BCUT2D eigenvalue weighted by atomic mass is 10.0. The molecule has 1 aromatic heterocycles. The maximum atomic E-state index is 13.0. The third kappa shape index (κ3) is 3.10. The number of nitrogens with zero attached hydrogens (tertiary/aromatic N) is 3. The highest BCUT2D eigenvalue weighted by molar-refractivity contribution is 6.11. The van der Waals surface area contributed by atoms with Crippen LogP contribution in [-0.4, -0.2) is 32.8 Å². The predicted molar refractivity (Wildman–Crippen MR) is 101 cm³/mol. The van der Waals surface area contributed by atoms with Gasteiger partial charge in [-0.1, -0.05) is 42.5 Å². The summed E-state index contributed by atoms with van der Waals surface area (Å²) in [6, 6.07) is 17.9. The molecule has 6 heteroatoms. The Morgan fingerprint density at radius 1 is 1.11 bits per heavy atom. The van der Waals surface area contributed by atoms with Crippen molar-refractivity contribution in [3.63, 3.8) is 0 Å². The quantitative estimate of drug-likeness (QED) is 0.774. The van der Waals surface area contributed by atoms with Crippen LogP contribution in [0.25, 0.3) is 0 Å². The number of carbonyl (C=O) groups is 2. The van der Waals surface area contributed by atoms with Crippen LogP contribution in [0.4, 0.5) is 5.69 Å². The van der Waals surface area contributed by atoms with Crippen molar-refractivity contribution in [2.75, 3.05) is 4.90 Å². The van der Waals surface area contributed by atoms with Crippen molar-refractivity contribution in [3.05, 3.63) is 83.2 Å². The summed E-state index contributed by atoms with van der Waals surface area (Å²) in [4.78, 5) is 26.0. The molecule has 0 bridgehead atoms. The summed E-state index contributed by atoms with van der Waals surface area (Å²) in [6.45, 7) is 2.39. The molecule has 2 heterocycles. The highest BCUT2D eigenvalue weighted by atomic mass is 16.4. The van der Waals surface area contributed by atoms with Crippen LogP contribution in [0.1, 0.15) is 38.9 Å². The highest BCUT2D eigenvalue weighted by Crippen LogP contribution is 2.27. The largest absolute Gasteiger partial charge is 0.478 e. The van der Waals surface area contributed by atoms with Gasteiger partial charge in [0.05, 0.1) is 18.8 Å². The number of carboxylic acid groups (broad SMARTS) is 1. The summed E-state index contributed by atoms with van der Waals surface area (Å²) in [5.74, 6) is -1.48. The number of benzene rings is 2. The molecule has 1 unspecified atom stereocenters. The Kier molecular flexibility index (Phi) is 4.24. The van der Waals surface area contributed by atoms with Crippen LogP contribution in [0.3, 0.4) is 0 Å². The molecule has 2 aromatic carbocycles. The molecule has 0 radical (unpaired) electrons. The Bertz CT molecular complexity index is 993. The van der Waals surface area contributed by atoms with Crippen LogP contribution >= 0.6 is 0 Å².